The lowest BCUT2D eigenvalue weighted by molar-refractivity contribution is -0.155. The van der Waals surface area contributed by atoms with E-state index in [1.807, 2.05) is 6.07 Å². The van der Waals surface area contributed by atoms with Gasteiger partial charge in [0.1, 0.15) is 0 Å². The fourth-order valence-electron chi connectivity index (χ4n) is 2.94. The lowest BCUT2D eigenvalue weighted by atomic mass is 9.97. The van der Waals surface area contributed by atoms with Crippen molar-refractivity contribution in [3.05, 3.63) is 47.9 Å². The number of hydrogen-bond acceptors (Lipinski definition) is 5. The molecule has 1 aromatic carbocycles. The number of benzene rings is 1. The van der Waals surface area contributed by atoms with E-state index >= 15 is 0 Å². The number of rotatable bonds is 4. The van der Waals surface area contributed by atoms with Crippen LogP contribution >= 0.6 is 0 Å². The summed E-state index contributed by atoms with van der Waals surface area (Å²) in [7, 11) is 0. The van der Waals surface area contributed by atoms with E-state index in [9.17, 15) is 14.4 Å². The van der Waals surface area contributed by atoms with Crippen LogP contribution in [0.25, 0.3) is 0 Å². The van der Waals surface area contributed by atoms with Crippen LogP contribution in [0.2, 0.25) is 0 Å². The van der Waals surface area contributed by atoms with Gasteiger partial charge in [-0.3, -0.25) is 14.4 Å². The van der Waals surface area contributed by atoms with E-state index in [-0.39, 0.29) is 18.3 Å². The van der Waals surface area contributed by atoms with Gasteiger partial charge < -0.3 is 19.4 Å². The van der Waals surface area contributed by atoms with E-state index in [2.05, 4.69) is 5.32 Å². The summed E-state index contributed by atoms with van der Waals surface area (Å²) in [5, 5.41) is 2.72. The molecule has 2 heterocycles. The number of aryl methyl sites for hydroxylation is 1. The molecule has 28 heavy (non-hydrogen) atoms. The lowest BCUT2D eigenvalue weighted by Crippen LogP contribution is -2.35. The van der Waals surface area contributed by atoms with Crippen LogP contribution in [0, 0.1) is 5.41 Å². The summed E-state index contributed by atoms with van der Waals surface area (Å²) in [6.45, 7) is 5.39. The van der Waals surface area contributed by atoms with Crippen LogP contribution < -0.4 is 10.2 Å². The molecular formula is C21H24N2O5. The predicted octanol–water partition coefficient (Wildman–Crippen LogP) is 3.40. The minimum atomic E-state index is -0.668. The number of carbonyl (C=O) groups excluding carboxylic acids is 3. The van der Waals surface area contributed by atoms with Gasteiger partial charge in [0.05, 0.1) is 11.7 Å². The zero-order chi connectivity index (χ0) is 20.3. The standard InChI is InChI=1S/C21H24N2O5/c1-21(2,3)20(26)28-13-18(24)22-15-9-8-14-6-4-10-23(16(14)12-15)19(25)17-7-5-11-27-17/h5,7-9,11-12H,4,6,10,13H2,1-3H3,(H,22,24). The zero-order valence-corrected chi connectivity index (χ0v) is 16.3. The van der Waals surface area contributed by atoms with Gasteiger partial charge in [-0.15, -0.1) is 0 Å². The molecule has 1 aliphatic rings. The summed E-state index contributed by atoms with van der Waals surface area (Å²) in [5.41, 5.74) is 1.65. The Kier molecular flexibility index (Phi) is 5.53. The van der Waals surface area contributed by atoms with Gasteiger partial charge in [-0.1, -0.05) is 6.07 Å². The Balaban J connectivity index is 1.71. The molecule has 7 heteroatoms. The summed E-state index contributed by atoms with van der Waals surface area (Å²) < 4.78 is 10.3. The third-order valence-corrected chi connectivity index (χ3v) is 4.41. The second-order valence-corrected chi connectivity index (χ2v) is 7.76. The summed E-state index contributed by atoms with van der Waals surface area (Å²) in [6, 6.07) is 8.75. The van der Waals surface area contributed by atoms with Crippen molar-refractivity contribution >= 4 is 29.2 Å². The summed E-state index contributed by atoms with van der Waals surface area (Å²) >= 11 is 0. The fraction of sp³-hybridized carbons (Fsp3) is 0.381. The highest BCUT2D eigenvalue weighted by Crippen LogP contribution is 2.31. The number of amides is 2. The number of ether oxygens (including phenoxy) is 1. The number of furan rings is 1. The first-order valence-electron chi connectivity index (χ1n) is 9.21. The van der Waals surface area contributed by atoms with E-state index in [1.165, 1.54) is 6.26 Å². The van der Waals surface area contributed by atoms with E-state index < -0.39 is 17.3 Å². The number of carbonyl (C=O) groups is 3. The van der Waals surface area contributed by atoms with Crippen LogP contribution in [0.3, 0.4) is 0 Å². The number of hydrogen-bond donors (Lipinski definition) is 1. The normalized spacial score (nSPS) is 13.6. The van der Waals surface area contributed by atoms with Crippen LogP contribution in [0.5, 0.6) is 0 Å². The molecule has 1 N–H and O–H groups in total. The van der Waals surface area contributed by atoms with Gasteiger partial charge in [-0.05, 0) is 63.4 Å². The molecular weight excluding hydrogens is 360 g/mol. The molecule has 0 aliphatic carbocycles. The lowest BCUT2D eigenvalue weighted by Gasteiger charge is -2.29. The Morgan fingerprint density at radius 1 is 1.21 bits per heavy atom. The van der Waals surface area contributed by atoms with Gasteiger partial charge in [0, 0.05) is 17.9 Å². The second-order valence-electron chi connectivity index (χ2n) is 7.76. The Hall–Kier alpha value is -3.09. The SMILES string of the molecule is CC(C)(C)C(=O)OCC(=O)Nc1ccc2c(c1)N(C(=O)c1ccco1)CCC2. The topological polar surface area (TPSA) is 88.9 Å². The summed E-state index contributed by atoms with van der Waals surface area (Å²) in [5.74, 6) is -0.814. The minimum Gasteiger partial charge on any atom is -0.459 e. The van der Waals surface area contributed by atoms with E-state index in [0.717, 1.165) is 24.1 Å². The molecule has 0 atom stereocenters. The average Bonchev–Trinajstić information content (AvgIpc) is 3.19. The second kappa shape index (κ2) is 7.88. The van der Waals surface area contributed by atoms with Crippen molar-refractivity contribution in [2.75, 3.05) is 23.4 Å². The van der Waals surface area contributed by atoms with Crippen LogP contribution in [-0.2, 0) is 20.7 Å². The van der Waals surface area contributed by atoms with Crippen molar-refractivity contribution in [1.29, 1.82) is 0 Å². The summed E-state index contributed by atoms with van der Waals surface area (Å²) in [4.78, 5) is 38.3. The third-order valence-electron chi connectivity index (χ3n) is 4.41. The maximum Gasteiger partial charge on any atom is 0.311 e. The monoisotopic (exact) mass is 384 g/mol. The van der Waals surface area contributed by atoms with Crippen molar-refractivity contribution in [1.82, 2.24) is 0 Å². The molecule has 0 unspecified atom stereocenters. The van der Waals surface area contributed by atoms with Gasteiger partial charge in [0.15, 0.2) is 12.4 Å². The van der Waals surface area contributed by atoms with E-state index in [1.54, 1.807) is 49.9 Å². The first-order valence-corrected chi connectivity index (χ1v) is 9.21. The number of anilines is 2. The smallest absolute Gasteiger partial charge is 0.311 e. The number of nitrogens with one attached hydrogen (secondary N) is 1. The van der Waals surface area contributed by atoms with Gasteiger partial charge in [0.2, 0.25) is 0 Å². The molecule has 0 spiro atoms. The molecule has 2 amide bonds. The number of esters is 1. The molecule has 0 fully saturated rings. The van der Waals surface area contributed by atoms with Crippen LogP contribution in [0.15, 0.2) is 41.0 Å². The Labute approximate surface area is 163 Å². The van der Waals surface area contributed by atoms with Crippen LogP contribution in [0.1, 0.15) is 43.3 Å². The van der Waals surface area contributed by atoms with Crippen molar-refractivity contribution < 1.29 is 23.5 Å². The predicted molar refractivity (Wildman–Crippen MR) is 104 cm³/mol. The summed E-state index contributed by atoms with van der Waals surface area (Å²) in [6.07, 6.45) is 3.18. The third kappa shape index (κ3) is 4.42. The molecule has 148 valence electrons. The van der Waals surface area contributed by atoms with Crippen LogP contribution in [-0.4, -0.2) is 30.9 Å². The van der Waals surface area contributed by atoms with Gasteiger partial charge in [0.25, 0.3) is 11.8 Å². The van der Waals surface area contributed by atoms with Crippen molar-refractivity contribution in [2.45, 2.75) is 33.6 Å². The Morgan fingerprint density at radius 3 is 2.68 bits per heavy atom. The molecule has 0 bridgehead atoms. The maximum absolute atomic E-state index is 12.7. The highest BCUT2D eigenvalue weighted by molar-refractivity contribution is 6.05. The Bertz CT molecular complexity index is 881. The van der Waals surface area contributed by atoms with E-state index in [0.29, 0.717) is 12.2 Å². The highest BCUT2D eigenvalue weighted by atomic mass is 16.5. The maximum atomic E-state index is 12.7. The number of nitrogens with zero attached hydrogens (tertiary/aromatic N) is 1. The van der Waals surface area contributed by atoms with Gasteiger partial charge in [-0.2, -0.15) is 0 Å². The molecule has 3 rings (SSSR count). The molecule has 0 saturated heterocycles. The van der Waals surface area contributed by atoms with Crippen molar-refractivity contribution in [2.24, 2.45) is 5.41 Å². The van der Waals surface area contributed by atoms with Crippen molar-refractivity contribution in [3.8, 4) is 0 Å². The minimum absolute atomic E-state index is 0.214. The van der Waals surface area contributed by atoms with E-state index in [4.69, 9.17) is 9.15 Å². The van der Waals surface area contributed by atoms with Gasteiger partial charge in [-0.25, -0.2) is 0 Å². The molecule has 2 aromatic rings. The first kappa shape index (κ1) is 19.7. The molecule has 1 aromatic heterocycles. The highest BCUT2D eigenvalue weighted by Gasteiger charge is 2.26. The first-order chi connectivity index (χ1) is 13.3. The molecule has 1 aliphatic heterocycles. The number of fused-ring (bicyclic) bond motifs is 1. The molecule has 0 radical (unpaired) electrons. The zero-order valence-electron chi connectivity index (χ0n) is 16.3. The quantitative estimate of drug-likeness (QED) is 0.816. The van der Waals surface area contributed by atoms with Crippen molar-refractivity contribution in [3.63, 3.8) is 0 Å². The average molecular weight is 384 g/mol. The van der Waals surface area contributed by atoms with Gasteiger partial charge >= 0.3 is 5.97 Å². The fourth-order valence-corrected chi connectivity index (χ4v) is 2.94. The molecule has 7 nitrogen and oxygen atoms in total. The van der Waals surface area contributed by atoms with Crippen LogP contribution in [0.4, 0.5) is 11.4 Å². The Morgan fingerprint density at radius 2 is 2.00 bits per heavy atom. The largest absolute Gasteiger partial charge is 0.459 e. The molecule has 0 saturated carbocycles.